The number of rotatable bonds is 6. The third-order valence-corrected chi connectivity index (χ3v) is 3.07. The lowest BCUT2D eigenvalue weighted by Gasteiger charge is -2.20. The lowest BCUT2D eigenvalue weighted by atomic mass is 10.1. The smallest absolute Gasteiger partial charge is 0.221 e. The maximum absolute atomic E-state index is 11.5. The highest BCUT2D eigenvalue weighted by Gasteiger charge is 2.14. The summed E-state index contributed by atoms with van der Waals surface area (Å²) in [6, 6.07) is -0.341. The van der Waals surface area contributed by atoms with E-state index in [1.165, 1.54) is 0 Å². The van der Waals surface area contributed by atoms with Gasteiger partial charge in [0, 0.05) is 30.8 Å². The van der Waals surface area contributed by atoms with E-state index in [0.29, 0.717) is 13.0 Å². The standard InChI is InChI=1S/C11H24N2O3S/c1-9(8-17(5,15)16)13-10(14)6-7-12-11(2,3)4/h9,12H,6-8H2,1-5H3,(H,13,14). The normalized spacial score (nSPS) is 14.4. The number of hydrogen-bond acceptors (Lipinski definition) is 4. The summed E-state index contributed by atoms with van der Waals surface area (Å²) < 4.78 is 22.0. The fraction of sp³-hybridized carbons (Fsp3) is 0.909. The zero-order chi connectivity index (χ0) is 13.7. The lowest BCUT2D eigenvalue weighted by Crippen LogP contribution is -2.41. The molecule has 0 aliphatic rings. The fourth-order valence-corrected chi connectivity index (χ4v) is 2.39. The van der Waals surface area contributed by atoms with E-state index < -0.39 is 9.84 Å². The van der Waals surface area contributed by atoms with Crippen molar-refractivity contribution < 1.29 is 13.2 Å². The van der Waals surface area contributed by atoms with Crippen LogP contribution in [0.5, 0.6) is 0 Å². The molecule has 0 aromatic heterocycles. The van der Waals surface area contributed by atoms with Crippen LogP contribution in [0.1, 0.15) is 34.1 Å². The molecule has 0 aliphatic carbocycles. The Morgan fingerprint density at radius 2 is 1.82 bits per heavy atom. The van der Waals surface area contributed by atoms with E-state index in [1.54, 1.807) is 6.92 Å². The van der Waals surface area contributed by atoms with Crippen molar-refractivity contribution in [1.82, 2.24) is 10.6 Å². The molecule has 0 spiro atoms. The Balaban J connectivity index is 3.87. The first kappa shape index (κ1) is 16.4. The molecule has 1 amide bonds. The van der Waals surface area contributed by atoms with Crippen LogP contribution in [0.25, 0.3) is 0 Å². The number of sulfone groups is 1. The topological polar surface area (TPSA) is 75.3 Å². The molecule has 0 fully saturated rings. The summed E-state index contributed by atoms with van der Waals surface area (Å²) in [7, 11) is -3.04. The number of nitrogens with one attached hydrogen (secondary N) is 2. The van der Waals surface area contributed by atoms with Crippen LogP contribution in [0.2, 0.25) is 0 Å². The van der Waals surface area contributed by atoms with Crippen molar-refractivity contribution >= 4 is 15.7 Å². The molecule has 0 saturated carbocycles. The Bertz CT molecular complexity index is 344. The molecule has 0 aromatic rings. The van der Waals surface area contributed by atoms with Crippen molar-refractivity contribution in [3.05, 3.63) is 0 Å². The first-order valence-corrected chi connectivity index (χ1v) is 7.78. The molecule has 0 aromatic carbocycles. The predicted octanol–water partition coefficient (Wildman–Crippen LogP) is 0.314. The zero-order valence-corrected chi connectivity index (χ0v) is 12.1. The molecule has 1 atom stereocenters. The van der Waals surface area contributed by atoms with Crippen LogP contribution in [0.15, 0.2) is 0 Å². The number of hydrogen-bond donors (Lipinski definition) is 2. The predicted molar refractivity (Wildman–Crippen MR) is 69.7 cm³/mol. The van der Waals surface area contributed by atoms with Gasteiger partial charge in [0.15, 0.2) is 0 Å². The molecule has 0 radical (unpaired) electrons. The van der Waals surface area contributed by atoms with Gasteiger partial charge in [-0.15, -0.1) is 0 Å². The molecule has 6 heteroatoms. The van der Waals surface area contributed by atoms with Gasteiger partial charge in [-0.3, -0.25) is 4.79 Å². The molecular weight excluding hydrogens is 240 g/mol. The van der Waals surface area contributed by atoms with Crippen LogP contribution in [0.4, 0.5) is 0 Å². The van der Waals surface area contributed by atoms with Gasteiger partial charge in [0.1, 0.15) is 9.84 Å². The molecule has 0 aliphatic heterocycles. The van der Waals surface area contributed by atoms with Gasteiger partial charge in [-0.2, -0.15) is 0 Å². The third-order valence-electron chi connectivity index (χ3n) is 1.97. The Morgan fingerprint density at radius 1 is 1.29 bits per heavy atom. The second-order valence-electron chi connectivity index (χ2n) is 5.49. The molecule has 5 nitrogen and oxygen atoms in total. The molecule has 1 unspecified atom stereocenters. The summed E-state index contributed by atoms with van der Waals surface area (Å²) >= 11 is 0. The zero-order valence-electron chi connectivity index (χ0n) is 11.3. The molecule has 17 heavy (non-hydrogen) atoms. The van der Waals surface area contributed by atoms with Crippen LogP contribution >= 0.6 is 0 Å². The average Bonchev–Trinajstić information content (AvgIpc) is 1.96. The number of carbonyl (C=O) groups is 1. The van der Waals surface area contributed by atoms with Gasteiger partial charge in [-0.1, -0.05) is 0 Å². The fourth-order valence-electron chi connectivity index (χ4n) is 1.39. The van der Waals surface area contributed by atoms with Gasteiger partial charge in [0.2, 0.25) is 5.91 Å². The second-order valence-corrected chi connectivity index (χ2v) is 7.67. The average molecular weight is 264 g/mol. The van der Waals surface area contributed by atoms with Crippen LogP contribution in [0, 0.1) is 0 Å². The van der Waals surface area contributed by atoms with Crippen LogP contribution in [-0.2, 0) is 14.6 Å². The van der Waals surface area contributed by atoms with E-state index in [1.807, 2.05) is 20.8 Å². The van der Waals surface area contributed by atoms with Crippen molar-refractivity contribution in [2.75, 3.05) is 18.6 Å². The van der Waals surface area contributed by atoms with Gasteiger partial charge < -0.3 is 10.6 Å². The van der Waals surface area contributed by atoms with Crippen molar-refractivity contribution in [3.63, 3.8) is 0 Å². The minimum atomic E-state index is -3.04. The molecule has 2 N–H and O–H groups in total. The maximum Gasteiger partial charge on any atom is 0.221 e. The van der Waals surface area contributed by atoms with Gasteiger partial charge in [-0.05, 0) is 27.7 Å². The highest BCUT2D eigenvalue weighted by molar-refractivity contribution is 7.90. The minimum Gasteiger partial charge on any atom is -0.353 e. The van der Waals surface area contributed by atoms with E-state index in [-0.39, 0.29) is 23.2 Å². The summed E-state index contributed by atoms with van der Waals surface area (Å²) in [5.41, 5.74) is -0.0152. The first-order valence-electron chi connectivity index (χ1n) is 5.72. The van der Waals surface area contributed by atoms with Crippen molar-refractivity contribution in [2.45, 2.75) is 45.7 Å². The van der Waals surface area contributed by atoms with E-state index in [2.05, 4.69) is 10.6 Å². The largest absolute Gasteiger partial charge is 0.353 e. The van der Waals surface area contributed by atoms with Crippen LogP contribution in [0.3, 0.4) is 0 Å². The highest BCUT2D eigenvalue weighted by Crippen LogP contribution is 1.98. The molecule has 0 saturated heterocycles. The van der Waals surface area contributed by atoms with Gasteiger partial charge in [-0.25, -0.2) is 8.42 Å². The molecule has 102 valence electrons. The summed E-state index contributed by atoms with van der Waals surface area (Å²) in [5.74, 6) is -0.149. The first-order chi connectivity index (χ1) is 7.49. The summed E-state index contributed by atoms with van der Waals surface area (Å²) in [4.78, 5) is 11.5. The SMILES string of the molecule is CC(CS(C)(=O)=O)NC(=O)CCNC(C)(C)C. The second kappa shape index (κ2) is 6.35. The van der Waals surface area contributed by atoms with Crippen LogP contribution in [-0.4, -0.2) is 44.5 Å². The quantitative estimate of drug-likeness (QED) is 0.724. The Labute approximate surface area is 104 Å². The lowest BCUT2D eigenvalue weighted by molar-refractivity contribution is -0.121. The van der Waals surface area contributed by atoms with Crippen molar-refractivity contribution in [3.8, 4) is 0 Å². The van der Waals surface area contributed by atoms with Crippen LogP contribution < -0.4 is 10.6 Å². The molecule has 0 bridgehead atoms. The van der Waals surface area contributed by atoms with Gasteiger partial charge >= 0.3 is 0 Å². The van der Waals surface area contributed by atoms with E-state index in [9.17, 15) is 13.2 Å². The number of amides is 1. The molecular formula is C11H24N2O3S. The summed E-state index contributed by atoms with van der Waals surface area (Å²) in [5, 5.41) is 5.86. The van der Waals surface area contributed by atoms with Gasteiger partial charge in [0.25, 0.3) is 0 Å². The van der Waals surface area contributed by atoms with E-state index >= 15 is 0 Å². The van der Waals surface area contributed by atoms with Gasteiger partial charge in [0.05, 0.1) is 5.75 Å². The van der Waals surface area contributed by atoms with Crippen molar-refractivity contribution in [1.29, 1.82) is 0 Å². The molecule has 0 rings (SSSR count). The van der Waals surface area contributed by atoms with E-state index in [0.717, 1.165) is 6.26 Å². The third kappa shape index (κ3) is 11.6. The van der Waals surface area contributed by atoms with E-state index in [4.69, 9.17) is 0 Å². The summed E-state index contributed by atoms with van der Waals surface area (Å²) in [6.45, 7) is 8.35. The Morgan fingerprint density at radius 3 is 2.24 bits per heavy atom. The summed E-state index contributed by atoms with van der Waals surface area (Å²) in [6.07, 6.45) is 1.52. The Kier molecular flexibility index (Phi) is 6.12. The minimum absolute atomic E-state index is 0.0152. The van der Waals surface area contributed by atoms with Crippen molar-refractivity contribution in [2.24, 2.45) is 0 Å². The maximum atomic E-state index is 11.5. The highest BCUT2D eigenvalue weighted by atomic mass is 32.2. The number of carbonyl (C=O) groups excluding carboxylic acids is 1. The molecule has 0 heterocycles. The monoisotopic (exact) mass is 264 g/mol. The Hall–Kier alpha value is -0.620.